The number of nitrogens with two attached hydrogens (primary N) is 1. The van der Waals surface area contributed by atoms with Gasteiger partial charge in [0.1, 0.15) is 0 Å². The molecule has 18 heavy (non-hydrogen) atoms. The fraction of sp³-hybridized carbons (Fsp3) is 0.900. The first-order valence-corrected chi connectivity index (χ1v) is 5.66. The SMILES string of the molecule is NC1COCC1C(=O)N1CCC(O)(C(F)(F)F)C1. The second-order valence-electron chi connectivity index (χ2n) is 4.85. The average Bonchev–Trinajstić information content (AvgIpc) is 2.83. The second kappa shape index (κ2) is 4.36. The highest BCUT2D eigenvalue weighted by Gasteiger charge is 2.58. The van der Waals surface area contributed by atoms with Crippen LogP contribution < -0.4 is 5.73 Å². The van der Waals surface area contributed by atoms with Gasteiger partial charge < -0.3 is 20.5 Å². The van der Waals surface area contributed by atoms with Gasteiger partial charge >= 0.3 is 6.18 Å². The fourth-order valence-electron chi connectivity index (χ4n) is 2.27. The van der Waals surface area contributed by atoms with Crippen molar-refractivity contribution in [2.45, 2.75) is 24.2 Å². The fourth-order valence-corrected chi connectivity index (χ4v) is 2.27. The number of alkyl halides is 3. The van der Waals surface area contributed by atoms with Crippen LogP contribution in [0.2, 0.25) is 0 Å². The summed E-state index contributed by atoms with van der Waals surface area (Å²) >= 11 is 0. The Morgan fingerprint density at radius 1 is 1.44 bits per heavy atom. The summed E-state index contributed by atoms with van der Waals surface area (Å²) in [5.74, 6) is -1.08. The van der Waals surface area contributed by atoms with E-state index < -0.39 is 42.6 Å². The molecule has 2 aliphatic rings. The van der Waals surface area contributed by atoms with Crippen molar-refractivity contribution in [2.75, 3.05) is 26.3 Å². The highest BCUT2D eigenvalue weighted by Crippen LogP contribution is 2.38. The van der Waals surface area contributed by atoms with Crippen molar-refractivity contribution < 1.29 is 27.8 Å². The van der Waals surface area contributed by atoms with Gasteiger partial charge in [0.2, 0.25) is 5.91 Å². The Labute approximate surface area is 102 Å². The Morgan fingerprint density at radius 2 is 2.11 bits per heavy atom. The number of nitrogens with zero attached hydrogens (tertiary/aromatic N) is 1. The molecule has 0 spiro atoms. The van der Waals surface area contributed by atoms with Crippen LogP contribution in [0.15, 0.2) is 0 Å². The van der Waals surface area contributed by atoms with Gasteiger partial charge in [0.15, 0.2) is 5.60 Å². The summed E-state index contributed by atoms with van der Waals surface area (Å²) in [5, 5.41) is 9.47. The van der Waals surface area contributed by atoms with E-state index in [1.54, 1.807) is 0 Å². The number of likely N-dealkylation sites (tertiary alicyclic amines) is 1. The van der Waals surface area contributed by atoms with E-state index >= 15 is 0 Å². The minimum atomic E-state index is -4.73. The monoisotopic (exact) mass is 268 g/mol. The maximum Gasteiger partial charge on any atom is 0.419 e. The number of β-amino-alcohol motifs (C(OH)–C–C–N with tert-alkyl or cyclic N) is 1. The second-order valence-corrected chi connectivity index (χ2v) is 4.85. The number of hydrogen-bond acceptors (Lipinski definition) is 4. The van der Waals surface area contributed by atoms with E-state index in [1.165, 1.54) is 0 Å². The van der Waals surface area contributed by atoms with Crippen LogP contribution in [0.25, 0.3) is 0 Å². The van der Waals surface area contributed by atoms with Crippen LogP contribution in [-0.2, 0) is 9.53 Å². The highest BCUT2D eigenvalue weighted by molar-refractivity contribution is 5.80. The number of hydrogen-bond donors (Lipinski definition) is 2. The molecule has 1 amide bonds. The first kappa shape index (κ1) is 13.6. The molecule has 2 saturated heterocycles. The van der Waals surface area contributed by atoms with Crippen LogP contribution in [0.3, 0.4) is 0 Å². The Hall–Kier alpha value is -0.860. The van der Waals surface area contributed by atoms with E-state index in [0.717, 1.165) is 4.90 Å². The van der Waals surface area contributed by atoms with Crippen LogP contribution in [-0.4, -0.2) is 60.0 Å². The molecule has 0 radical (unpaired) electrons. The molecule has 0 aromatic carbocycles. The lowest BCUT2D eigenvalue weighted by molar-refractivity contribution is -0.253. The molecule has 0 aromatic rings. The van der Waals surface area contributed by atoms with E-state index in [2.05, 4.69) is 0 Å². The van der Waals surface area contributed by atoms with E-state index in [4.69, 9.17) is 10.5 Å². The van der Waals surface area contributed by atoms with Gasteiger partial charge in [-0.2, -0.15) is 13.2 Å². The molecular formula is C10H15F3N2O3. The number of carbonyl (C=O) groups is 1. The molecule has 2 fully saturated rings. The zero-order valence-electron chi connectivity index (χ0n) is 9.61. The quantitative estimate of drug-likeness (QED) is 0.671. The van der Waals surface area contributed by atoms with Crippen LogP contribution in [0, 0.1) is 5.92 Å². The number of aliphatic hydroxyl groups is 1. The zero-order valence-corrected chi connectivity index (χ0v) is 9.61. The molecular weight excluding hydrogens is 253 g/mol. The van der Waals surface area contributed by atoms with Gasteiger partial charge in [-0.25, -0.2) is 0 Å². The van der Waals surface area contributed by atoms with E-state index in [1.807, 2.05) is 0 Å². The lowest BCUT2D eigenvalue weighted by Crippen LogP contribution is -2.49. The van der Waals surface area contributed by atoms with Gasteiger partial charge in [0.25, 0.3) is 0 Å². The molecule has 3 atom stereocenters. The lowest BCUT2D eigenvalue weighted by Gasteiger charge is -2.27. The summed E-state index contributed by atoms with van der Waals surface area (Å²) in [5.41, 5.74) is 2.84. The molecule has 0 bridgehead atoms. The highest BCUT2D eigenvalue weighted by atomic mass is 19.4. The van der Waals surface area contributed by atoms with Crippen LogP contribution in [0.4, 0.5) is 13.2 Å². The molecule has 2 heterocycles. The third-order valence-corrected chi connectivity index (χ3v) is 3.53. The minimum absolute atomic E-state index is 0.113. The van der Waals surface area contributed by atoms with Crippen molar-refractivity contribution in [3.8, 4) is 0 Å². The predicted molar refractivity (Wildman–Crippen MR) is 54.5 cm³/mol. The number of ether oxygens (including phenoxy) is 1. The van der Waals surface area contributed by atoms with Crippen molar-refractivity contribution in [3.05, 3.63) is 0 Å². The third-order valence-electron chi connectivity index (χ3n) is 3.53. The summed E-state index contributed by atoms with van der Waals surface area (Å²) < 4.78 is 42.8. The summed E-state index contributed by atoms with van der Waals surface area (Å²) in [6, 6.07) is -0.489. The van der Waals surface area contributed by atoms with Crippen LogP contribution >= 0.6 is 0 Å². The Balaban J connectivity index is 2.03. The van der Waals surface area contributed by atoms with Gasteiger partial charge in [0.05, 0.1) is 25.7 Å². The molecule has 8 heteroatoms. The molecule has 5 nitrogen and oxygen atoms in total. The van der Waals surface area contributed by atoms with Gasteiger partial charge in [-0.1, -0.05) is 0 Å². The maximum atomic E-state index is 12.6. The summed E-state index contributed by atoms with van der Waals surface area (Å²) in [4.78, 5) is 13.0. The van der Waals surface area contributed by atoms with Gasteiger partial charge in [-0.3, -0.25) is 4.79 Å². The topological polar surface area (TPSA) is 75.8 Å². The number of amides is 1. The normalized spacial score (nSPS) is 37.3. The average molecular weight is 268 g/mol. The first-order chi connectivity index (χ1) is 8.24. The molecule has 3 N–H and O–H groups in total. The van der Waals surface area contributed by atoms with Crippen molar-refractivity contribution in [2.24, 2.45) is 11.7 Å². The standard InChI is InChI=1S/C10H15F3N2O3/c11-10(12,13)9(17)1-2-15(5-9)8(16)6-3-18-4-7(6)14/h6-7,17H,1-5,14H2. The van der Waals surface area contributed by atoms with Crippen LogP contribution in [0.1, 0.15) is 6.42 Å². The maximum absolute atomic E-state index is 12.6. The molecule has 2 aliphatic heterocycles. The molecule has 0 aliphatic carbocycles. The largest absolute Gasteiger partial charge is 0.419 e. The Morgan fingerprint density at radius 3 is 2.56 bits per heavy atom. The smallest absolute Gasteiger partial charge is 0.379 e. The molecule has 0 aromatic heterocycles. The first-order valence-electron chi connectivity index (χ1n) is 5.66. The summed E-state index contributed by atoms with van der Waals surface area (Å²) in [6.07, 6.45) is -5.22. The summed E-state index contributed by atoms with van der Waals surface area (Å²) in [6.45, 7) is -0.481. The van der Waals surface area contributed by atoms with E-state index in [0.29, 0.717) is 0 Å². The molecule has 2 rings (SSSR count). The molecule has 3 unspecified atom stereocenters. The van der Waals surface area contributed by atoms with E-state index in [9.17, 15) is 23.1 Å². The van der Waals surface area contributed by atoms with Crippen molar-refractivity contribution in [1.82, 2.24) is 4.90 Å². The molecule has 104 valence electrons. The predicted octanol–water partition coefficient (Wildman–Crippen LogP) is -0.514. The van der Waals surface area contributed by atoms with Gasteiger partial charge in [-0.15, -0.1) is 0 Å². The van der Waals surface area contributed by atoms with E-state index in [-0.39, 0.29) is 19.8 Å². The minimum Gasteiger partial charge on any atom is -0.379 e. The number of halogens is 3. The van der Waals surface area contributed by atoms with Crippen LogP contribution in [0.5, 0.6) is 0 Å². The zero-order chi connectivity index (χ0) is 13.6. The van der Waals surface area contributed by atoms with Crippen molar-refractivity contribution in [1.29, 1.82) is 0 Å². The van der Waals surface area contributed by atoms with Crippen molar-refractivity contribution >= 4 is 5.91 Å². The Kier molecular flexibility index (Phi) is 3.28. The Bertz CT molecular complexity index is 350. The lowest BCUT2D eigenvalue weighted by atomic mass is 10.0. The number of rotatable bonds is 1. The van der Waals surface area contributed by atoms with Crippen molar-refractivity contribution in [3.63, 3.8) is 0 Å². The van der Waals surface area contributed by atoms with Gasteiger partial charge in [-0.05, 0) is 0 Å². The van der Waals surface area contributed by atoms with Gasteiger partial charge in [0, 0.05) is 19.0 Å². The molecule has 0 saturated carbocycles. The summed E-state index contributed by atoms with van der Waals surface area (Å²) in [7, 11) is 0. The number of carbonyl (C=O) groups excluding carboxylic acids is 1. The third kappa shape index (κ3) is 2.19.